The Labute approximate surface area is 141 Å². The second kappa shape index (κ2) is 7.14. The van der Waals surface area contributed by atoms with Crippen LogP contribution in [0.4, 0.5) is 5.88 Å². The van der Waals surface area contributed by atoms with Crippen LogP contribution >= 0.6 is 0 Å². The van der Waals surface area contributed by atoms with Crippen LogP contribution in [0.1, 0.15) is 31.5 Å². The first-order valence-corrected chi connectivity index (χ1v) is 9.09. The van der Waals surface area contributed by atoms with Crippen molar-refractivity contribution in [1.29, 1.82) is 0 Å². The monoisotopic (exact) mass is 351 g/mol. The number of rotatable bonds is 6. The molecule has 8 heteroatoms. The van der Waals surface area contributed by atoms with E-state index in [4.69, 9.17) is 4.52 Å². The molecule has 130 valence electrons. The lowest BCUT2D eigenvalue weighted by molar-refractivity contribution is -0.114. The number of carbonyl (C=O) groups is 1. The molecule has 1 amide bonds. The molecule has 24 heavy (non-hydrogen) atoms. The lowest BCUT2D eigenvalue weighted by atomic mass is 10.0. The van der Waals surface area contributed by atoms with Crippen molar-refractivity contribution in [2.45, 2.75) is 39.0 Å². The second-order valence-electron chi connectivity index (χ2n) is 5.53. The smallest absolute Gasteiger partial charge is 0.240 e. The average Bonchev–Trinajstić information content (AvgIpc) is 2.86. The van der Waals surface area contributed by atoms with Gasteiger partial charge < -0.3 is 4.52 Å². The SMILES string of the molecule is CCCNS(=O)(=O)c1cc(-c2c(C)noc2NC(C)=O)ccc1C. The molecule has 0 aliphatic rings. The van der Waals surface area contributed by atoms with Gasteiger partial charge in [0.15, 0.2) is 0 Å². The summed E-state index contributed by atoms with van der Waals surface area (Å²) in [6.45, 7) is 7.09. The van der Waals surface area contributed by atoms with Gasteiger partial charge in [0.2, 0.25) is 21.8 Å². The zero-order chi connectivity index (χ0) is 17.9. The average molecular weight is 351 g/mol. The van der Waals surface area contributed by atoms with E-state index in [1.165, 1.54) is 6.92 Å². The van der Waals surface area contributed by atoms with Crippen molar-refractivity contribution in [3.8, 4) is 11.1 Å². The van der Waals surface area contributed by atoms with Crippen LogP contribution in [-0.2, 0) is 14.8 Å². The fraction of sp³-hybridized carbons (Fsp3) is 0.375. The van der Waals surface area contributed by atoms with Crippen molar-refractivity contribution in [2.75, 3.05) is 11.9 Å². The van der Waals surface area contributed by atoms with Crippen LogP contribution in [0.3, 0.4) is 0 Å². The van der Waals surface area contributed by atoms with E-state index in [0.717, 1.165) is 0 Å². The third kappa shape index (κ3) is 3.82. The van der Waals surface area contributed by atoms with E-state index in [-0.39, 0.29) is 16.7 Å². The zero-order valence-electron chi connectivity index (χ0n) is 14.1. The molecule has 0 spiro atoms. The molecule has 0 saturated carbocycles. The number of nitrogens with zero attached hydrogens (tertiary/aromatic N) is 1. The van der Waals surface area contributed by atoms with Gasteiger partial charge in [-0.3, -0.25) is 10.1 Å². The summed E-state index contributed by atoms with van der Waals surface area (Å²) in [5, 5.41) is 6.42. The van der Waals surface area contributed by atoms with Crippen LogP contribution in [0.2, 0.25) is 0 Å². The van der Waals surface area contributed by atoms with Gasteiger partial charge in [-0.05, 0) is 37.5 Å². The highest BCUT2D eigenvalue weighted by molar-refractivity contribution is 7.89. The Morgan fingerprint density at radius 1 is 1.29 bits per heavy atom. The fourth-order valence-corrected chi connectivity index (χ4v) is 3.72. The Balaban J connectivity index is 2.53. The summed E-state index contributed by atoms with van der Waals surface area (Å²) in [5.74, 6) is -0.0920. The molecule has 2 N–H and O–H groups in total. The summed E-state index contributed by atoms with van der Waals surface area (Å²) in [5.41, 5.74) is 2.38. The third-order valence-corrected chi connectivity index (χ3v) is 5.06. The molecule has 2 rings (SSSR count). The van der Waals surface area contributed by atoms with E-state index in [9.17, 15) is 13.2 Å². The number of aromatic nitrogens is 1. The number of hydrogen-bond acceptors (Lipinski definition) is 5. The Morgan fingerprint density at radius 2 is 2.00 bits per heavy atom. The van der Waals surface area contributed by atoms with E-state index >= 15 is 0 Å². The van der Waals surface area contributed by atoms with Crippen LogP contribution in [0, 0.1) is 13.8 Å². The van der Waals surface area contributed by atoms with Crippen molar-refractivity contribution < 1.29 is 17.7 Å². The van der Waals surface area contributed by atoms with Crippen molar-refractivity contribution in [3.63, 3.8) is 0 Å². The number of nitrogens with one attached hydrogen (secondary N) is 2. The van der Waals surface area contributed by atoms with Crippen LogP contribution in [-0.4, -0.2) is 26.0 Å². The molecule has 2 aromatic rings. The standard InChI is InChI=1S/C16H21N3O4S/c1-5-8-17-24(21,22)14-9-13(7-6-10(14)2)15-11(3)19-23-16(15)18-12(4)20/h6-7,9,17H,5,8H2,1-4H3,(H,18,20). The van der Waals surface area contributed by atoms with Gasteiger partial charge >= 0.3 is 0 Å². The molecule has 0 fully saturated rings. The number of anilines is 1. The maximum Gasteiger partial charge on any atom is 0.240 e. The Hall–Kier alpha value is -2.19. The third-order valence-electron chi connectivity index (χ3n) is 3.46. The highest BCUT2D eigenvalue weighted by Crippen LogP contribution is 2.33. The molecule has 7 nitrogen and oxygen atoms in total. The maximum absolute atomic E-state index is 12.5. The van der Waals surface area contributed by atoms with Gasteiger partial charge in [-0.15, -0.1) is 0 Å². The number of aryl methyl sites for hydroxylation is 2. The second-order valence-corrected chi connectivity index (χ2v) is 7.27. The van der Waals surface area contributed by atoms with Crippen molar-refractivity contribution >= 4 is 21.8 Å². The first-order valence-electron chi connectivity index (χ1n) is 7.60. The predicted octanol–water partition coefficient (Wildman–Crippen LogP) is 2.61. The molecule has 0 aliphatic carbocycles. The lowest BCUT2D eigenvalue weighted by Gasteiger charge is -2.11. The largest absolute Gasteiger partial charge is 0.337 e. The normalized spacial score (nSPS) is 11.5. The number of amides is 1. The summed E-state index contributed by atoms with van der Waals surface area (Å²) in [6, 6.07) is 5.07. The molecule has 1 aromatic carbocycles. The van der Waals surface area contributed by atoms with Crippen molar-refractivity contribution in [1.82, 2.24) is 9.88 Å². The van der Waals surface area contributed by atoms with E-state index in [1.807, 2.05) is 6.92 Å². The molecule has 1 aromatic heterocycles. The van der Waals surface area contributed by atoms with Gasteiger partial charge in [0.1, 0.15) is 0 Å². The summed E-state index contributed by atoms with van der Waals surface area (Å²) in [4.78, 5) is 11.5. The van der Waals surface area contributed by atoms with E-state index in [0.29, 0.717) is 35.3 Å². The maximum atomic E-state index is 12.5. The highest BCUT2D eigenvalue weighted by Gasteiger charge is 2.21. The first kappa shape index (κ1) is 18.2. The van der Waals surface area contributed by atoms with Gasteiger partial charge in [-0.2, -0.15) is 0 Å². The topological polar surface area (TPSA) is 101 Å². The Bertz CT molecular complexity index is 856. The van der Waals surface area contributed by atoms with Gasteiger partial charge in [-0.25, -0.2) is 13.1 Å². The molecule has 0 unspecified atom stereocenters. The summed E-state index contributed by atoms with van der Waals surface area (Å²) < 4.78 is 32.6. The molecule has 0 saturated heterocycles. The summed E-state index contributed by atoms with van der Waals surface area (Å²) in [7, 11) is -3.60. The van der Waals surface area contributed by atoms with E-state index in [2.05, 4.69) is 15.2 Å². The molecular weight excluding hydrogens is 330 g/mol. The van der Waals surface area contributed by atoms with Gasteiger partial charge in [0.05, 0.1) is 16.2 Å². The van der Waals surface area contributed by atoms with Crippen LogP contribution < -0.4 is 10.0 Å². The van der Waals surface area contributed by atoms with Gasteiger partial charge in [-0.1, -0.05) is 24.2 Å². The van der Waals surface area contributed by atoms with Crippen LogP contribution in [0.25, 0.3) is 11.1 Å². The Morgan fingerprint density at radius 3 is 2.62 bits per heavy atom. The molecule has 0 bridgehead atoms. The van der Waals surface area contributed by atoms with E-state index < -0.39 is 10.0 Å². The van der Waals surface area contributed by atoms with Crippen LogP contribution in [0.5, 0.6) is 0 Å². The predicted molar refractivity (Wildman–Crippen MR) is 91.2 cm³/mol. The minimum absolute atomic E-state index is 0.197. The molecule has 1 heterocycles. The summed E-state index contributed by atoms with van der Waals surface area (Å²) in [6.07, 6.45) is 0.704. The van der Waals surface area contributed by atoms with E-state index in [1.54, 1.807) is 32.0 Å². The molecular formula is C16H21N3O4S. The van der Waals surface area contributed by atoms with Crippen molar-refractivity contribution in [3.05, 3.63) is 29.5 Å². The van der Waals surface area contributed by atoms with Gasteiger partial charge in [0.25, 0.3) is 0 Å². The fourth-order valence-electron chi connectivity index (χ4n) is 2.31. The first-order chi connectivity index (χ1) is 11.3. The Kier molecular flexibility index (Phi) is 5.40. The molecule has 0 radical (unpaired) electrons. The number of benzene rings is 1. The quantitative estimate of drug-likeness (QED) is 0.833. The number of sulfonamides is 1. The minimum atomic E-state index is -3.60. The summed E-state index contributed by atoms with van der Waals surface area (Å²) >= 11 is 0. The highest BCUT2D eigenvalue weighted by atomic mass is 32.2. The molecule has 0 aliphatic heterocycles. The van der Waals surface area contributed by atoms with Gasteiger partial charge in [0, 0.05) is 13.5 Å². The number of carbonyl (C=O) groups excluding carboxylic acids is 1. The van der Waals surface area contributed by atoms with Crippen molar-refractivity contribution in [2.24, 2.45) is 0 Å². The number of hydrogen-bond donors (Lipinski definition) is 2. The minimum Gasteiger partial charge on any atom is -0.337 e. The molecule has 0 atom stereocenters. The van der Waals surface area contributed by atoms with Crippen LogP contribution in [0.15, 0.2) is 27.6 Å². The zero-order valence-corrected chi connectivity index (χ0v) is 15.0. The lowest BCUT2D eigenvalue weighted by Crippen LogP contribution is -2.25.